The van der Waals surface area contributed by atoms with E-state index in [-0.39, 0.29) is 24.0 Å². The average Bonchev–Trinajstić information content (AvgIpc) is 2.24. The van der Waals surface area contributed by atoms with Gasteiger partial charge in [0.25, 0.3) is 0 Å². The van der Waals surface area contributed by atoms with E-state index in [1.807, 2.05) is 20.8 Å². The fourth-order valence-electron chi connectivity index (χ4n) is 1.29. The standard InChI is InChI=1S/C12H25NO3/c1-5-7-10(11(15)16-6-2)13-8-12(3,4)9-14/h10,13-14H,5-9H2,1-4H3. The maximum Gasteiger partial charge on any atom is 0.323 e. The molecule has 2 N–H and O–H groups in total. The number of aliphatic hydroxyl groups is 1. The van der Waals surface area contributed by atoms with Gasteiger partial charge in [0, 0.05) is 18.6 Å². The number of rotatable bonds is 8. The molecule has 0 aliphatic carbocycles. The third kappa shape index (κ3) is 6.08. The molecule has 96 valence electrons. The van der Waals surface area contributed by atoms with E-state index in [9.17, 15) is 4.79 Å². The lowest BCUT2D eigenvalue weighted by molar-refractivity contribution is -0.146. The Kier molecular flexibility index (Phi) is 7.34. The Morgan fingerprint density at radius 3 is 2.50 bits per heavy atom. The van der Waals surface area contributed by atoms with Gasteiger partial charge in [-0.15, -0.1) is 0 Å². The molecular weight excluding hydrogens is 206 g/mol. The number of carbonyl (C=O) groups is 1. The lowest BCUT2D eigenvalue weighted by Crippen LogP contribution is -2.43. The Labute approximate surface area is 98.4 Å². The highest BCUT2D eigenvalue weighted by molar-refractivity contribution is 5.75. The number of carbonyl (C=O) groups excluding carboxylic acids is 1. The summed E-state index contributed by atoms with van der Waals surface area (Å²) in [4.78, 5) is 11.6. The molecule has 0 saturated carbocycles. The zero-order valence-corrected chi connectivity index (χ0v) is 10.9. The smallest absolute Gasteiger partial charge is 0.323 e. The van der Waals surface area contributed by atoms with Gasteiger partial charge in [0.2, 0.25) is 0 Å². The molecule has 0 fully saturated rings. The maximum atomic E-state index is 11.6. The highest BCUT2D eigenvalue weighted by Crippen LogP contribution is 2.12. The number of nitrogens with one attached hydrogen (secondary N) is 1. The van der Waals surface area contributed by atoms with Gasteiger partial charge in [-0.25, -0.2) is 0 Å². The lowest BCUT2D eigenvalue weighted by atomic mass is 9.94. The van der Waals surface area contributed by atoms with Crippen molar-refractivity contribution in [2.75, 3.05) is 19.8 Å². The van der Waals surface area contributed by atoms with Crippen molar-refractivity contribution in [3.63, 3.8) is 0 Å². The summed E-state index contributed by atoms with van der Waals surface area (Å²) < 4.78 is 4.99. The second-order valence-electron chi connectivity index (χ2n) is 4.80. The van der Waals surface area contributed by atoms with Crippen LogP contribution in [0.15, 0.2) is 0 Å². The van der Waals surface area contributed by atoms with Crippen molar-refractivity contribution < 1.29 is 14.6 Å². The molecule has 0 aliphatic heterocycles. The first-order valence-corrected chi connectivity index (χ1v) is 5.97. The van der Waals surface area contributed by atoms with Crippen molar-refractivity contribution in [2.24, 2.45) is 5.41 Å². The summed E-state index contributed by atoms with van der Waals surface area (Å²) in [7, 11) is 0. The Balaban J connectivity index is 4.17. The normalized spacial score (nSPS) is 13.6. The van der Waals surface area contributed by atoms with Crippen LogP contribution in [0.4, 0.5) is 0 Å². The van der Waals surface area contributed by atoms with Crippen LogP contribution in [0.25, 0.3) is 0 Å². The van der Waals surface area contributed by atoms with Crippen molar-refractivity contribution in [3.05, 3.63) is 0 Å². The summed E-state index contributed by atoms with van der Waals surface area (Å²) >= 11 is 0. The molecule has 0 heterocycles. The van der Waals surface area contributed by atoms with E-state index in [1.165, 1.54) is 0 Å². The summed E-state index contributed by atoms with van der Waals surface area (Å²) in [5, 5.41) is 12.3. The van der Waals surface area contributed by atoms with Gasteiger partial charge in [0.05, 0.1) is 6.61 Å². The fraction of sp³-hybridized carbons (Fsp3) is 0.917. The molecule has 1 unspecified atom stereocenters. The molecule has 16 heavy (non-hydrogen) atoms. The topological polar surface area (TPSA) is 58.6 Å². The first-order chi connectivity index (χ1) is 7.46. The van der Waals surface area contributed by atoms with E-state index in [1.54, 1.807) is 6.92 Å². The Morgan fingerprint density at radius 1 is 1.44 bits per heavy atom. The predicted octanol–water partition coefficient (Wildman–Crippen LogP) is 1.33. The molecule has 0 aromatic carbocycles. The number of hydrogen-bond acceptors (Lipinski definition) is 4. The van der Waals surface area contributed by atoms with Crippen LogP contribution < -0.4 is 5.32 Å². The molecule has 0 amide bonds. The molecular formula is C12H25NO3. The third-order valence-electron chi connectivity index (χ3n) is 2.40. The van der Waals surface area contributed by atoms with Crippen LogP contribution in [-0.2, 0) is 9.53 Å². The second kappa shape index (κ2) is 7.63. The molecule has 0 radical (unpaired) electrons. The van der Waals surface area contributed by atoms with E-state index in [4.69, 9.17) is 9.84 Å². The molecule has 0 spiro atoms. The minimum absolute atomic E-state index is 0.0989. The van der Waals surface area contributed by atoms with Crippen LogP contribution in [0.2, 0.25) is 0 Å². The zero-order chi connectivity index (χ0) is 12.6. The van der Waals surface area contributed by atoms with Crippen LogP contribution in [-0.4, -0.2) is 36.9 Å². The maximum absolute atomic E-state index is 11.6. The molecule has 0 rings (SSSR count). The van der Waals surface area contributed by atoms with Crippen molar-refractivity contribution in [1.82, 2.24) is 5.32 Å². The van der Waals surface area contributed by atoms with Crippen molar-refractivity contribution in [1.29, 1.82) is 0 Å². The molecule has 0 aromatic rings. The van der Waals surface area contributed by atoms with E-state index in [0.29, 0.717) is 13.2 Å². The van der Waals surface area contributed by atoms with Gasteiger partial charge >= 0.3 is 5.97 Å². The first kappa shape index (κ1) is 15.4. The van der Waals surface area contributed by atoms with Crippen LogP contribution in [0.5, 0.6) is 0 Å². The second-order valence-corrected chi connectivity index (χ2v) is 4.80. The summed E-state index contributed by atoms with van der Waals surface area (Å²) in [5.41, 5.74) is -0.210. The number of esters is 1. The van der Waals surface area contributed by atoms with E-state index >= 15 is 0 Å². The molecule has 0 aliphatic rings. The van der Waals surface area contributed by atoms with Crippen molar-refractivity contribution >= 4 is 5.97 Å². The van der Waals surface area contributed by atoms with Crippen LogP contribution in [0, 0.1) is 5.41 Å². The van der Waals surface area contributed by atoms with Gasteiger partial charge in [-0.3, -0.25) is 4.79 Å². The van der Waals surface area contributed by atoms with E-state index in [2.05, 4.69) is 5.32 Å². The molecule has 0 bridgehead atoms. The summed E-state index contributed by atoms with van der Waals surface area (Å²) in [6.07, 6.45) is 1.69. The Morgan fingerprint density at radius 2 is 2.06 bits per heavy atom. The fourth-order valence-corrected chi connectivity index (χ4v) is 1.29. The van der Waals surface area contributed by atoms with Gasteiger partial charge in [0.1, 0.15) is 6.04 Å². The van der Waals surface area contributed by atoms with E-state index in [0.717, 1.165) is 12.8 Å². The Hall–Kier alpha value is -0.610. The van der Waals surface area contributed by atoms with Gasteiger partial charge in [-0.05, 0) is 13.3 Å². The van der Waals surface area contributed by atoms with E-state index < -0.39 is 0 Å². The minimum atomic E-state index is -0.254. The van der Waals surface area contributed by atoms with Crippen LogP contribution >= 0.6 is 0 Å². The Bertz CT molecular complexity index is 204. The minimum Gasteiger partial charge on any atom is -0.465 e. The van der Waals surface area contributed by atoms with Gasteiger partial charge in [-0.1, -0.05) is 27.2 Å². The summed E-state index contributed by atoms with van der Waals surface area (Å²) in [6.45, 7) is 8.85. The summed E-state index contributed by atoms with van der Waals surface area (Å²) in [5.74, 6) is -0.196. The lowest BCUT2D eigenvalue weighted by Gasteiger charge is -2.25. The van der Waals surface area contributed by atoms with Gasteiger partial charge in [-0.2, -0.15) is 0 Å². The number of aliphatic hydroxyl groups excluding tert-OH is 1. The SMILES string of the molecule is CCCC(NCC(C)(C)CO)C(=O)OCC. The molecule has 1 atom stereocenters. The van der Waals surface area contributed by atoms with Crippen LogP contribution in [0.3, 0.4) is 0 Å². The number of ether oxygens (including phenoxy) is 1. The predicted molar refractivity (Wildman–Crippen MR) is 64.2 cm³/mol. The largest absolute Gasteiger partial charge is 0.465 e. The molecule has 4 heteroatoms. The molecule has 4 nitrogen and oxygen atoms in total. The summed E-state index contributed by atoms with van der Waals surface area (Å²) in [6, 6.07) is -0.254. The zero-order valence-electron chi connectivity index (χ0n) is 10.9. The monoisotopic (exact) mass is 231 g/mol. The quantitative estimate of drug-likeness (QED) is 0.619. The van der Waals surface area contributed by atoms with Crippen molar-refractivity contribution in [3.8, 4) is 0 Å². The highest BCUT2D eigenvalue weighted by atomic mass is 16.5. The first-order valence-electron chi connectivity index (χ1n) is 5.97. The van der Waals surface area contributed by atoms with Crippen molar-refractivity contribution in [2.45, 2.75) is 46.6 Å². The van der Waals surface area contributed by atoms with Gasteiger partial charge < -0.3 is 15.2 Å². The van der Waals surface area contributed by atoms with Crippen LogP contribution in [0.1, 0.15) is 40.5 Å². The molecule has 0 aromatic heterocycles. The number of hydrogen-bond donors (Lipinski definition) is 2. The van der Waals surface area contributed by atoms with Gasteiger partial charge in [0.15, 0.2) is 0 Å². The molecule has 0 saturated heterocycles. The average molecular weight is 231 g/mol. The third-order valence-corrected chi connectivity index (χ3v) is 2.40. The highest BCUT2D eigenvalue weighted by Gasteiger charge is 2.23.